The number of hydrogen-bond donors (Lipinski definition) is 3. The minimum atomic E-state index is -1.06. The van der Waals surface area contributed by atoms with Crippen molar-refractivity contribution in [1.82, 2.24) is 16.0 Å². The molecule has 0 aromatic carbocycles. The topological polar surface area (TPSA) is 172 Å². The Morgan fingerprint density at radius 3 is 2.14 bits per heavy atom. The second kappa shape index (κ2) is 16.2. The van der Waals surface area contributed by atoms with Gasteiger partial charge in [-0.2, -0.15) is 0 Å². The van der Waals surface area contributed by atoms with Crippen molar-refractivity contribution in [2.75, 3.05) is 13.7 Å². The molecule has 0 aromatic rings. The molecule has 35 heavy (non-hydrogen) atoms. The van der Waals surface area contributed by atoms with E-state index in [9.17, 15) is 19.2 Å². The molecule has 0 aromatic heterocycles. The third-order valence-corrected chi connectivity index (χ3v) is 4.54. The SMILES string of the molecule is C#CC[C@H](NC(=O)[C@H](CC(C)C)NC(=O)[C@H](CCCCN=[N+]=[N-])NC(=O)OC(C)(C)C)C(=O)OC. The normalized spacial score (nSPS) is 13.3. The summed E-state index contributed by atoms with van der Waals surface area (Å²) in [6, 6.07) is -3.04. The van der Waals surface area contributed by atoms with Gasteiger partial charge in [-0.3, -0.25) is 9.59 Å². The Morgan fingerprint density at radius 1 is 1.03 bits per heavy atom. The molecule has 0 unspecified atom stereocenters. The second-order valence-corrected chi connectivity index (χ2v) is 9.33. The van der Waals surface area contributed by atoms with E-state index in [0.717, 1.165) is 0 Å². The first-order valence-corrected chi connectivity index (χ1v) is 11.5. The van der Waals surface area contributed by atoms with E-state index in [-0.39, 0.29) is 31.7 Å². The van der Waals surface area contributed by atoms with E-state index < -0.39 is 47.6 Å². The van der Waals surface area contributed by atoms with Crippen LogP contribution in [-0.2, 0) is 23.9 Å². The van der Waals surface area contributed by atoms with Crippen LogP contribution < -0.4 is 16.0 Å². The first-order valence-electron chi connectivity index (χ1n) is 11.5. The van der Waals surface area contributed by atoms with Gasteiger partial charge in [0, 0.05) is 17.9 Å². The number of amides is 3. The van der Waals surface area contributed by atoms with Gasteiger partial charge in [0.05, 0.1) is 7.11 Å². The largest absolute Gasteiger partial charge is 0.467 e. The molecule has 3 amide bonds. The summed E-state index contributed by atoms with van der Waals surface area (Å²) in [6.45, 7) is 9.07. The smallest absolute Gasteiger partial charge is 0.408 e. The number of methoxy groups -OCH3 is 1. The molecule has 0 heterocycles. The van der Waals surface area contributed by atoms with Gasteiger partial charge in [0.2, 0.25) is 11.8 Å². The molecule has 3 atom stereocenters. The molecule has 0 spiro atoms. The summed E-state index contributed by atoms with van der Waals surface area (Å²) in [6.07, 6.45) is 5.91. The molecule has 12 nitrogen and oxygen atoms in total. The molecule has 0 bridgehead atoms. The van der Waals surface area contributed by atoms with Gasteiger partial charge >= 0.3 is 12.1 Å². The highest BCUT2D eigenvalue weighted by atomic mass is 16.6. The van der Waals surface area contributed by atoms with E-state index in [2.05, 4.69) is 36.6 Å². The first-order chi connectivity index (χ1) is 16.3. The fourth-order valence-electron chi connectivity index (χ4n) is 3.00. The van der Waals surface area contributed by atoms with Crippen molar-refractivity contribution in [2.45, 2.75) is 90.4 Å². The van der Waals surface area contributed by atoms with Gasteiger partial charge in [0.15, 0.2) is 0 Å². The maximum absolute atomic E-state index is 13.1. The van der Waals surface area contributed by atoms with Crippen molar-refractivity contribution in [3.8, 4) is 12.3 Å². The highest BCUT2D eigenvalue weighted by Gasteiger charge is 2.30. The number of alkyl carbamates (subject to hydrolysis) is 1. The van der Waals surface area contributed by atoms with Crippen molar-refractivity contribution in [3.05, 3.63) is 10.4 Å². The highest BCUT2D eigenvalue weighted by Crippen LogP contribution is 2.11. The minimum absolute atomic E-state index is 0.0244. The number of carbonyl (C=O) groups excluding carboxylic acids is 4. The molecule has 0 saturated heterocycles. The molecule has 0 aliphatic rings. The monoisotopic (exact) mass is 494 g/mol. The van der Waals surface area contributed by atoms with Crippen LogP contribution in [0.15, 0.2) is 5.11 Å². The lowest BCUT2D eigenvalue weighted by molar-refractivity contribution is -0.145. The van der Waals surface area contributed by atoms with Crippen molar-refractivity contribution in [3.63, 3.8) is 0 Å². The fraction of sp³-hybridized carbons (Fsp3) is 0.739. The molecule has 12 heteroatoms. The fourth-order valence-corrected chi connectivity index (χ4v) is 3.00. The Morgan fingerprint density at radius 2 is 1.63 bits per heavy atom. The Bertz CT molecular complexity index is 810. The molecule has 0 fully saturated rings. The third-order valence-electron chi connectivity index (χ3n) is 4.54. The maximum Gasteiger partial charge on any atom is 0.408 e. The van der Waals surface area contributed by atoms with Gasteiger partial charge in [0.25, 0.3) is 0 Å². The minimum Gasteiger partial charge on any atom is -0.467 e. The Labute approximate surface area is 206 Å². The van der Waals surface area contributed by atoms with E-state index in [1.807, 2.05) is 13.8 Å². The van der Waals surface area contributed by atoms with Crippen LogP contribution in [0.5, 0.6) is 0 Å². The molecule has 0 saturated carbocycles. The standard InChI is InChI=1S/C23H38N6O6/c1-8-11-17(21(32)34-7)26-20(31)18(14-15(2)3)27-19(30)16(12-9-10-13-25-29-24)28-22(33)35-23(4,5)6/h1,15-18H,9-14H2,2-7H3,(H,26,31)(H,27,30)(H,28,33)/t16-,17-,18-/m0/s1. The van der Waals surface area contributed by atoms with Crippen LogP contribution in [0.1, 0.15) is 66.7 Å². The lowest BCUT2D eigenvalue weighted by Crippen LogP contribution is -2.56. The molecule has 0 aliphatic heterocycles. The van der Waals surface area contributed by atoms with Crippen molar-refractivity contribution in [1.29, 1.82) is 0 Å². The van der Waals surface area contributed by atoms with Crippen molar-refractivity contribution in [2.24, 2.45) is 11.0 Å². The number of azide groups is 1. The zero-order valence-electron chi connectivity index (χ0n) is 21.4. The maximum atomic E-state index is 13.1. The number of nitrogens with one attached hydrogen (secondary N) is 3. The van der Waals surface area contributed by atoms with Crippen LogP contribution in [0.3, 0.4) is 0 Å². The van der Waals surface area contributed by atoms with E-state index in [0.29, 0.717) is 12.8 Å². The van der Waals surface area contributed by atoms with Crippen LogP contribution in [0, 0.1) is 18.3 Å². The van der Waals surface area contributed by atoms with Gasteiger partial charge < -0.3 is 25.4 Å². The molecule has 196 valence electrons. The summed E-state index contributed by atoms with van der Waals surface area (Å²) in [7, 11) is 1.18. The predicted octanol–water partition coefficient (Wildman–Crippen LogP) is 2.57. The Balaban J connectivity index is 5.55. The second-order valence-electron chi connectivity index (χ2n) is 9.33. The van der Waals surface area contributed by atoms with Crippen LogP contribution in [0.4, 0.5) is 4.79 Å². The lowest BCUT2D eigenvalue weighted by atomic mass is 10.0. The molecule has 0 rings (SSSR count). The van der Waals surface area contributed by atoms with Crippen molar-refractivity contribution < 1.29 is 28.7 Å². The number of esters is 1. The van der Waals surface area contributed by atoms with Gasteiger partial charge in [-0.1, -0.05) is 25.4 Å². The first kappa shape index (κ1) is 31.6. The summed E-state index contributed by atoms with van der Waals surface area (Å²) >= 11 is 0. The van der Waals surface area contributed by atoms with Gasteiger partial charge in [-0.25, -0.2) is 9.59 Å². The van der Waals surface area contributed by atoms with Crippen molar-refractivity contribution >= 4 is 23.9 Å². The summed E-state index contributed by atoms with van der Waals surface area (Å²) in [5, 5.41) is 11.2. The van der Waals surface area contributed by atoms with Crippen LogP contribution in [-0.4, -0.2) is 61.3 Å². The van der Waals surface area contributed by atoms with Gasteiger partial charge in [-0.05, 0) is 51.5 Å². The van der Waals surface area contributed by atoms with E-state index in [1.54, 1.807) is 20.8 Å². The Hall–Kier alpha value is -3.45. The summed E-state index contributed by atoms with van der Waals surface area (Å²) in [5.41, 5.74) is 7.63. The summed E-state index contributed by atoms with van der Waals surface area (Å²) in [4.78, 5) is 52.9. The number of rotatable bonds is 14. The number of hydrogen-bond acceptors (Lipinski definition) is 7. The number of terminal acetylenes is 1. The van der Waals surface area contributed by atoms with E-state index >= 15 is 0 Å². The zero-order valence-corrected chi connectivity index (χ0v) is 21.4. The lowest BCUT2D eigenvalue weighted by Gasteiger charge is -2.26. The van der Waals surface area contributed by atoms with Gasteiger partial charge in [0.1, 0.15) is 23.7 Å². The van der Waals surface area contributed by atoms with Crippen LogP contribution >= 0.6 is 0 Å². The summed E-state index contributed by atoms with van der Waals surface area (Å²) in [5.74, 6) is 0.446. The average Bonchev–Trinajstić information content (AvgIpc) is 2.75. The highest BCUT2D eigenvalue weighted by molar-refractivity contribution is 5.93. The molecular weight excluding hydrogens is 456 g/mol. The number of nitrogens with zero attached hydrogens (tertiary/aromatic N) is 3. The van der Waals surface area contributed by atoms with E-state index in [1.165, 1.54) is 7.11 Å². The van der Waals surface area contributed by atoms with Crippen LogP contribution in [0.2, 0.25) is 0 Å². The third kappa shape index (κ3) is 14.4. The van der Waals surface area contributed by atoms with E-state index in [4.69, 9.17) is 16.7 Å². The quantitative estimate of drug-likeness (QED) is 0.0836. The Kier molecular flexibility index (Phi) is 14.6. The number of carbonyl (C=O) groups is 4. The summed E-state index contributed by atoms with van der Waals surface area (Å²) < 4.78 is 9.93. The van der Waals surface area contributed by atoms with Gasteiger partial charge in [-0.15, -0.1) is 12.3 Å². The number of unbranched alkanes of at least 4 members (excludes halogenated alkanes) is 1. The molecular formula is C23H38N6O6. The molecule has 0 radical (unpaired) electrons. The average molecular weight is 495 g/mol. The number of ether oxygens (including phenoxy) is 2. The zero-order chi connectivity index (χ0) is 27.0. The molecule has 0 aliphatic carbocycles. The van der Waals surface area contributed by atoms with Crippen LogP contribution in [0.25, 0.3) is 10.4 Å². The molecule has 3 N–H and O–H groups in total. The predicted molar refractivity (Wildman–Crippen MR) is 130 cm³/mol.